The van der Waals surface area contributed by atoms with Gasteiger partial charge in [0, 0.05) is 30.2 Å². The first-order valence-corrected chi connectivity index (χ1v) is 5.35. The van der Waals surface area contributed by atoms with Gasteiger partial charge in [-0.15, -0.1) is 0 Å². The Morgan fingerprint density at radius 1 is 1.28 bits per heavy atom. The Balaban J connectivity index is 1.95. The van der Waals surface area contributed by atoms with Crippen LogP contribution in [0.5, 0.6) is 5.88 Å². The number of ether oxygens (including phenoxy) is 2. The van der Waals surface area contributed by atoms with Crippen molar-refractivity contribution in [2.24, 2.45) is 0 Å². The number of carbonyl (C=O) groups is 1. The number of pyridine rings is 2. The molecule has 2 rings (SSSR count). The van der Waals surface area contributed by atoms with E-state index >= 15 is 0 Å². The van der Waals surface area contributed by atoms with Crippen LogP contribution in [0, 0.1) is 0 Å². The second-order valence-electron chi connectivity index (χ2n) is 3.53. The summed E-state index contributed by atoms with van der Waals surface area (Å²) in [5.74, 6) is 0.0350. The molecule has 0 bridgehead atoms. The van der Waals surface area contributed by atoms with Gasteiger partial charge in [-0.3, -0.25) is 4.98 Å². The van der Waals surface area contributed by atoms with Crippen molar-refractivity contribution in [2.75, 3.05) is 7.11 Å². The summed E-state index contributed by atoms with van der Waals surface area (Å²) < 4.78 is 10.0. The third-order valence-electron chi connectivity index (χ3n) is 2.27. The van der Waals surface area contributed by atoms with E-state index in [1.807, 2.05) is 6.07 Å². The lowest BCUT2D eigenvalue weighted by molar-refractivity contribution is 0.0472. The Morgan fingerprint density at radius 3 is 2.78 bits per heavy atom. The molecule has 0 saturated heterocycles. The van der Waals surface area contributed by atoms with E-state index in [4.69, 9.17) is 9.47 Å². The van der Waals surface area contributed by atoms with Crippen molar-refractivity contribution >= 4 is 5.97 Å². The molecule has 0 aliphatic heterocycles. The SMILES string of the molecule is COc1ccc(C(=O)OCc2cccnc2)cn1. The molecule has 5 nitrogen and oxygen atoms in total. The average molecular weight is 244 g/mol. The Labute approximate surface area is 104 Å². The lowest BCUT2D eigenvalue weighted by Gasteiger charge is -2.04. The highest BCUT2D eigenvalue weighted by atomic mass is 16.5. The molecule has 2 aromatic heterocycles. The highest BCUT2D eigenvalue weighted by Crippen LogP contribution is 2.09. The lowest BCUT2D eigenvalue weighted by Crippen LogP contribution is -2.06. The Kier molecular flexibility index (Phi) is 3.86. The van der Waals surface area contributed by atoms with Gasteiger partial charge in [0.25, 0.3) is 0 Å². The van der Waals surface area contributed by atoms with Crippen LogP contribution in [0.25, 0.3) is 0 Å². The molecule has 0 spiro atoms. The number of nitrogens with zero attached hydrogens (tertiary/aromatic N) is 2. The number of esters is 1. The zero-order chi connectivity index (χ0) is 12.8. The van der Waals surface area contributed by atoms with Gasteiger partial charge in [0.2, 0.25) is 5.88 Å². The van der Waals surface area contributed by atoms with Crippen LogP contribution in [0.1, 0.15) is 15.9 Å². The van der Waals surface area contributed by atoms with Crippen molar-refractivity contribution in [2.45, 2.75) is 6.61 Å². The predicted octanol–water partition coefficient (Wildman–Crippen LogP) is 1.84. The summed E-state index contributed by atoms with van der Waals surface area (Å²) in [6, 6.07) is 6.85. The maximum atomic E-state index is 11.7. The van der Waals surface area contributed by atoms with Crippen molar-refractivity contribution in [3.05, 3.63) is 54.0 Å². The number of aromatic nitrogens is 2. The molecule has 18 heavy (non-hydrogen) atoms. The zero-order valence-electron chi connectivity index (χ0n) is 9.87. The molecule has 0 atom stereocenters. The van der Waals surface area contributed by atoms with E-state index in [9.17, 15) is 4.79 Å². The molecule has 0 aromatic carbocycles. The van der Waals surface area contributed by atoms with Gasteiger partial charge in [-0.1, -0.05) is 6.07 Å². The van der Waals surface area contributed by atoms with E-state index in [0.29, 0.717) is 11.4 Å². The molecule has 0 aliphatic carbocycles. The standard InChI is InChI=1S/C13H12N2O3/c1-17-12-5-4-11(8-15-12)13(16)18-9-10-3-2-6-14-7-10/h2-8H,9H2,1H3. The summed E-state index contributed by atoms with van der Waals surface area (Å²) in [5.41, 5.74) is 1.23. The minimum absolute atomic E-state index is 0.193. The molecule has 5 heteroatoms. The Morgan fingerprint density at radius 2 is 2.17 bits per heavy atom. The molecule has 0 radical (unpaired) electrons. The van der Waals surface area contributed by atoms with E-state index in [1.165, 1.54) is 13.3 Å². The number of carbonyl (C=O) groups excluding carboxylic acids is 1. The monoisotopic (exact) mass is 244 g/mol. The third-order valence-corrected chi connectivity index (χ3v) is 2.27. The summed E-state index contributed by atoms with van der Waals surface area (Å²) in [4.78, 5) is 19.6. The van der Waals surface area contributed by atoms with Crippen LogP contribution in [0.15, 0.2) is 42.9 Å². The third kappa shape index (κ3) is 3.04. The molecule has 0 aliphatic rings. The van der Waals surface area contributed by atoms with E-state index in [2.05, 4.69) is 9.97 Å². The molecule has 92 valence electrons. The quantitative estimate of drug-likeness (QED) is 0.768. The van der Waals surface area contributed by atoms with Crippen molar-refractivity contribution in [3.8, 4) is 5.88 Å². The van der Waals surface area contributed by atoms with Crippen LogP contribution in [0.4, 0.5) is 0 Å². The first-order chi connectivity index (χ1) is 8.79. The molecular weight excluding hydrogens is 232 g/mol. The van der Waals surface area contributed by atoms with Crippen molar-refractivity contribution in [1.82, 2.24) is 9.97 Å². The van der Waals surface area contributed by atoms with E-state index in [1.54, 1.807) is 30.6 Å². The summed E-state index contributed by atoms with van der Waals surface area (Å²) in [7, 11) is 1.52. The summed E-state index contributed by atoms with van der Waals surface area (Å²) >= 11 is 0. The average Bonchev–Trinajstić information content (AvgIpc) is 2.46. The molecule has 2 heterocycles. The smallest absolute Gasteiger partial charge is 0.340 e. The Bertz CT molecular complexity index is 512. The summed E-state index contributed by atoms with van der Waals surface area (Å²) in [5, 5.41) is 0. The number of methoxy groups -OCH3 is 1. The van der Waals surface area contributed by atoms with Crippen molar-refractivity contribution in [1.29, 1.82) is 0 Å². The summed E-state index contributed by atoms with van der Waals surface area (Å²) in [6.45, 7) is 0.193. The van der Waals surface area contributed by atoms with Gasteiger partial charge < -0.3 is 9.47 Å². The fraction of sp³-hybridized carbons (Fsp3) is 0.154. The summed E-state index contributed by atoms with van der Waals surface area (Å²) in [6.07, 6.45) is 4.74. The fourth-order valence-corrected chi connectivity index (χ4v) is 1.34. The highest BCUT2D eigenvalue weighted by molar-refractivity contribution is 5.89. The van der Waals surface area contributed by atoms with E-state index in [0.717, 1.165) is 5.56 Å². The number of hydrogen-bond donors (Lipinski definition) is 0. The fourth-order valence-electron chi connectivity index (χ4n) is 1.34. The van der Waals surface area contributed by atoms with Gasteiger partial charge in [-0.05, 0) is 12.1 Å². The lowest BCUT2D eigenvalue weighted by atomic mass is 10.3. The van der Waals surface area contributed by atoms with Crippen LogP contribution >= 0.6 is 0 Å². The molecule has 0 saturated carbocycles. The van der Waals surface area contributed by atoms with Crippen LogP contribution in [0.2, 0.25) is 0 Å². The molecular formula is C13H12N2O3. The van der Waals surface area contributed by atoms with Gasteiger partial charge in [-0.25, -0.2) is 9.78 Å². The molecule has 0 unspecified atom stereocenters. The number of hydrogen-bond acceptors (Lipinski definition) is 5. The van der Waals surface area contributed by atoms with Crippen molar-refractivity contribution in [3.63, 3.8) is 0 Å². The zero-order valence-corrected chi connectivity index (χ0v) is 9.87. The van der Waals surface area contributed by atoms with E-state index in [-0.39, 0.29) is 6.61 Å². The molecule has 0 fully saturated rings. The van der Waals surface area contributed by atoms with Gasteiger partial charge in [0.1, 0.15) is 6.61 Å². The van der Waals surface area contributed by atoms with Crippen LogP contribution < -0.4 is 4.74 Å². The topological polar surface area (TPSA) is 61.3 Å². The molecule has 0 amide bonds. The van der Waals surface area contributed by atoms with E-state index < -0.39 is 5.97 Å². The maximum absolute atomic E-state index is 11.7. The Hall–Kier alpha value is -2.43. The van der Waals surface area contributed by atoms with Crippen molar-refractivity contribution < 1.29 is 14.3 Å². The molecule has 2 aromatic rings. The largest absolute Gasteiger partial charge is 0.481 e. The van der Waals surface area contributed by atoms with Crippen LogP contribution in [0.3, 0.4) is 0 Å². The molecule has 0 N–H and O–H groups in total. The minimum atomic E-state index is -0.422. The second kappa shape index (κ2) is 5.77. The van der Waals surface area contributed by atoms with Crippen LogP contribution in [-0.4, -0.2) is 23.0 Å². The van der Waals surface area contributed by atoms with Crippen LogP contribution in [-0.2, 0) is 11.3 Å². The second-order valence-corrected chi connectivity index (χ2v) is 3.53. The number of rotatable bonds is 4. The minimum Gasteiger partial charge on any atom is -0.481 e. The van der Waals surface area contributed by atoms with Gasteiger partial charge in [0.15, 0.2) is 0 Å². The normalized spacial score (nSPS) is 9.83. The van der Waals surface area contributed by atoms with Gasteiger partial charge in [-0.2, -0.15) is 0 Å². The first kappa shape index (κ1) is 12.0. The van der Waals surface area contributed by atoms with Gasteiger partial charge >= 0.3 is 5.97 Å². The van der Waals surface area contributed by atoms with Gasteiger partial charge in [0.05, 0.1) is 12.7 Å². The highest BCUT2D eigenvalue weighted by Gasteiger charge is 2.08. The first-order valence-electron chi connectivity index (χ1n) is 5.35. The maximum Gasteiger partial charge on any atom is 0.340 e. The predicted molar refractivity (Wildman–Crippen MR) is 64.1 cm³/mol.